The highest BCUT2D eigenvalue weighted by Gasteiger charge is 2.15. The van der Waals surface area contributed by atoms with Gasteiger partial charge in [-0.05, 0) is 39.4 Å². The zero-order valence-electron chi connectivity index (χ0n) is 14.2. The molecule has 0 bridgehead atoms. The first-order chi connectivity index (χ1) is 9.58. The molecule has 0 unspecified atom stereocenters. The predicted octanol–water partition coefficient (Wildman–Crippen LogP) is 1.19. The summed E-state index contributed by atoms with van der Waals surface area (Å²) in [5.41, 5.74) is 0. The lowest BCUT2D eigenvalue weighted by molar-refractivity contribution is 0.126. The van der Waals surface area contributed by atoms with Crippen LogP contribution in [-0.2, 0) is 0 Å². The van der Waals surface area contributed by atoms with E-state index in [1.54, 1.807) is 0 Å². The molecule has 120 valence electrons. The van der Waals surface area contributed by atoms with Crippen LogP contribution in [0.15, 0.2) is 0 Å². The highest BCUT2D eigenvalue weighted by molar-refractivity contribution is 4.73. The molecule has 20 heavy (non-hydrogen) atoms. The second kappa shape index (κ2) is 10.6. The lowest BCUT2D eigenvalue weighted by Crippen LogP contribution is -2.49. The fourth-order valence-electron chi connectivity index (χ4n) is 2.58. The van der Waals surface area contributed by atoms with Gasteiger partial charge in [0.15, 0.2) is 0 Å². The molecule has 0 aromatic carbocycles. The lowest BCUT2D eigenvalue weighted by Gasteiger charge is -2.35. The van der Waals surface area contributed by atoms with E-state index in [2.05, 4.69) is 48.0 Å². The molecule has 4 nitrogen and oxygen atoms in total. The maximum Gasteiger partial charge on any atom is 0.0110 e. The van der Waals surface area contributed by atoms with E-state index in [1.165, 1.54) is 65.2 Å². The first kappa shape index (κ1) is 17.9. The number of likely N-dealkylation sites (N-methyl/N-ethyl adjacent to an activating group) is 1. The van der Waals surface area contributed by atoms with Gasteiger partial charge in [0.05, 0.1) is 0 Å². The van der Waals surface area contributed by atoms with Crippen molar-refractivity contribution >= 4 is 0 Å². The van der Waals surface area contributed by atoms with Crippen LogP contribution in [0.3, 0.4) is 0 Å². The number of hydrogen-bond donors (Lipinski definition) is 1. The Morgan fingerprint density at radius 1 is 0.950 bits per heavy atom. The molecule has 1 aliphatic heterocycles. The van der Waals surface area contributed by atoms with E-state index in [4.69, 9.17) is 0 Å². The van der Waals surface area contributed by atoms with Gasteiger partial charge in [-0.15, -0.1) is 0 Å². The topological polar surface area (TPSA) is 21.8 Å². The van der Waals surface area contributed by atoms with Gasteiger partial charge in [0.2, 0.25) is 0 Å². The van der Waals surface area contributed by atoms with Gasteiger partial charge in [-0.1, -0.05) is 13.8 Å². The van der Waals surface area contributed by atoms with Gasteiger partial charge < -0.3 is 10.2 Å². The Morgan fingerprint density at radius 2 is 1.55 bits per heavy atom. The SMILES string of the molecule is CC(C)CCCNCCN1CCN(CCN(C)C)CC1. The van der Waals surface area contributed by atoms with Gasteiger partial charge in [-0.2, -0.15) is 0 Å². The maximum atomic E-state index is 3.58. The van der Waals surface area contributed by atoms with Crippen LogP contribution in [0.1, 0.15) is 26.7 Å². The van der Waals surface area contributed by atoms with Crippen molar-refractivity contribution in [3.8, 4) is 0 Å². The van der Waals surface area contributed by atoms with E-state index in [1.807, 2.05) is 0 Å². The number of nitrogens with zero attached hydrogens (tertiary/aromatic N) is 3. The molecule has 0 aromatic heterocycles. The quantitative estimate of drug-likeness (QED) is 0.608. The number of hydrogen-bond acceptors (Lipinski definition) is 4. The average molecular weight is 284 g/mol. The molecule has 1 saturated heterocycles. The second-order valence-electron chi connectivity index (χ2n) is 6.77. The predicted molar refractivity (Wildman–Crippen MR) is 88.4 cm³/mol. The fraction of sp³-hybridized carbons (Fsp3) is 1.00. The summed E-state index contributed by atoms with van der Waals surface area (Å²) in [6.07, 6.45) is 2.66. The smallest absolute Gasteiger partial charge is 0.0110 e. The molecule has 0 spiro atoms. The van der Waals surface area contributed by atoms with Crippen LogP contribution in [0.5, 0.6) is 0 Å². The van der Waals surface area contributed by atoms with Crippen LogP contribution in [0.25, 0.3) is 0 Å². The standard InChI is InChI=1S/C16H36N4/c1-16(2)6-5-7-17-8-9-19-12-14-20(15-13-19)11-10-18(3)4/h16-17H,5-15H2,1-4H3. The van der Waals surface area contributed by atoms with Gasteiger partial charge in [-0.25, -0.2) is 0 Å². The van der Waals surface area contributed by atoms with Crippen LogP contribution >= 0.6 is 0 Å². The zero-order valence-corrected chi connectivity index (χ0v) is 14.2. The summed E-state index contributed by atoms with van der Waals surface area (Å²) in [7, 11) is 4.31. The van der Waals surface area contributed by atoms with Crippen molar-refractivity contribution in [2.24, 2.45) is 5.92 Å². The highest BCUT2D eigenvalue weighted by atomic mass is 15.3. The normalized spacial score (nSPS) is 18.3. The van der Waals surface area contributed by atoms with Crippen molar-refractivity contribution in [2.75, 3.05) is 73.0 Å². The van der Waals surface area contributed by atoms with Crippen LogP contribution < -0.4 is 5.32 Å². The summed E-state index contributed by atoms with van der Waals surface area (Å²) in [6, 6.07) is 0. The molecular formula is C16H36N4. The number of rotatable bonds is 10. The van der Waals surface area contributed by atoms with E-state index in [9.17, 15) is 0 Å². The van der Waals surface area contributed by atoms with Crippen LogP contribution in [0.4, 0.5) is 0 Å². The van der Waals surface area contributed by atoms with Gasteiger partial charge in [0, 0.05) is 52.4 Å². The van der Waals surface area contributed by atoms with E-state index in [-0.39, 0.29) is 0 Å². The third-order valence-electron chi connectivity index (χ3n) is 4.07. The van der Waals surface area contributed by atoms with Crippen molar-refractivity contribution in [3.63, 3.8) is 0 Å². The third kappa shape index (κ3) is 8.90. The molecule has 1 rings (SSSR count). The Labute approximate surface area is 126 Å². The average Bonchev–Trinajstić information content (AvgIpc) is 2.41. The van der Waals surface area contributed by atoms with E-state index in [0.717, 1.165) is 12.5 Å². The van der Waals surface area contributed by atoms with Gasteiger partial charge in [0.1, 0.15) is 0 Å². The van der Waals surface area contributed by atoms with Crippen molar-refractivity contribution in [1.82, 2.24) is 20.0 Å². The monoisotopic (exact) mass is 284 g/mol. The van der Waals surface area contributed by atoms with E-state index >= 15 is 0 Å². The molecular weight excluding hydrogens is 248 g/mol. The van der Waals surface area contributed by atoms with E-state index in [0.29, 0.717) is 0 Å². The Hall–Kier alpha value is -0.160. The van der Waals surface area contributed by atoms with E-state index < -0.39 is 0 Å². The van der Waals surface area contributed by atoms with Crippen LogP contribution in [0, 0.1) is 5.92 Å². The minimum atomic E-state index is 0.840. The molecule has 0 aromatic rings. The highest BCUT2D eigenvalue weighted by Crippen LogP contribution is 2.02. The Balaban J connectivity index is 1.94. The molecule has 1 fully saturated rings. The molecule has 0 saturated carbocycles. The second-order valence-corrected chi connectivity index (χ2v) is 6.77. The minimum absolute atomic E-state index is 0.840. The molecule has 1 N–H and O–H groups in total. The molecule has 0 aliphatic carbocycles. The van der Waals surface area contributed by atoms with Crippen molar-refractivity contribution < 1.29 is 0 Å². The number of piperazine rings is 1. The van der Waals surface area contributed by atoms with Crippen LogP contribution in [-0.4, -0.2) is 87.7 Å². The van der Waals surface area contributed by atoms with Crippen molar-refractivity contribution in [3.05, 3.63) is 0 Å². The summed E-state index contributed by atoms with van der Waals surface area (Å²) >= 11 is 0. The lowest BCUT2D eigenvalue weighted by atomic mass is 10.1. The summed E-state index contributed by atoms with van der Waals surface area (Å²) in [5.74, 6) is 0.840. The Morgan fingerprint density at radius 3 is 2.10 bits per heavy atom. The fourth-order valence-corrected chi connectivity index (χ4v) is 2.58. The van der Waals surface area contributed by atoms with Crippen LogP contribution in [0.2, 0.25) is 0 Å². The summed E-state index contributed by atoms with van der Waals surface area (Å²) in [6.45, 7) is 15.5. The molecule has 0 amide bonds. The van der Waals surface area contributed by atoms with Gasteiger partial charge >= 0.3 is 0 Å². The molecule has 0 atom stereocenters. The molecule has 1 aliphatic rings. The molecule has 1 heterocycles. The molecule has 4 heteroatoms. The summed E-state index contributed by atoms with van der Waals surface area (Å²) in [4.78, 5) is 7.46. The van der Waals surface area contributed by atoms with Crippen molar-refractivity contribution in [1.29, 1.82) is 0 Å². The number of nitrogens with one attached hydrogen (secondary N) is 1. The van der Waals surface area contributed by atoms with Gasteiger partial charge in [0.25, 0.3) is 0 Å². The first-order valence-electron chi connectivity index (χ1n) is 8.38. The maximum absolute atomic E-state index is 3.58. The first-order valence-corrected chi connectivity index (χ1v) is 8.38. The van der Waals surface area contributed by atoms with Gasteiger partial charge in [-0.3, -0.25) is 9.80 Å². The zero-order chi connectivity index (χ0) is 14.8. The molecule has 0 radical (unpaired) electrons. The largest absolute Gasteiger partial charge is 0.315 e. The van der Waals surface area contributed by atoms with Crippen molar-refractivity contribution in [2.45, 2.75) is 26.7 Å². The Kier molecular flexibility index (Phi) is 9.44. The Bertz CT molecular complexity index is 223. The minimum Gasteiger partial charge on any atom is -0.315 e. The summed E-state index contributed by atoms with van der Waals surface area (Å²) in [5, 5.41) is 3.58. The third-order valence-corrected chi connectivity index (χ3v) is 4.07. The summed E-state index contributed by atoms with van der Waals surface area (Å²) < 4.78 is 0.